The lowest BCUT2D eigenvalue weighted by atomic mass is 9.74. The summed E-state index contributed by atoms with van der Waals surface area (Å²) in [4.78, 5) is 0.975. The van der Waals surface area contributed by atoms with Gasteiger partial charge in [-0.15, -0.1) is 5.10 Å². The van der Waals surface area contributed by atoms with Gasteiger partial charge >= 0.3 is 0 Å². The van der Waals surface area contributed by atoms with Crippen molar-refractivity contribution in [1.82, 2.24) is 4.57 Å². The summed E-state index contributed by atoms with van der Waals surface area (Å²) in [6, 6.07) is 8.38. The molecule has 1 heterocycles. The third kappa shape index (κ3) is 1.70. The average molecular weight is 269 g/mol. The van der Waals surface area contributed by atoms with E-state index in [9.17, 15) is 0 Å². The van der Waals surface area contributed by atoms with Crippen LogP contribution in [0, 0.1) is 11.8 Å². The van der Waals surface area contributed by atoms with Gasteiger partial charge in [0, 0.05) is 18.7 Å². The first-order valence-corrected chi connectivity index (χ1v) is 7.46. The van der Waals surface area contributed by atoms with E-state index in [1.807, 2.05) is 0 Å². The maximum Gasteiger partial charge on any atom is 0.211 e. The summed E-state index contributed by atoms with van der Waals surface area (Å²) in [5, 5.41) is 8.96. The molecular weight excluding hydrogens is 254 g/mol. The summed E-state index contributed by atoms with van der Waals surface area (Å²) < 4.78 is 3.38. The number of benzene rings is 1. The molecule has 0 unspecified atom stereocenters. The molecule has 1 fully saturated rings. The quantitative estimate of drug-likeness (QED) is 0.562. The van der Waals surface area contributed by atoms with Gasteiger partial charge in [-0.3, -0.25) is 0 Å². The van der Waals surface area contributed by atoms with Crippen molar-refractivity contribution in [3.8, 4) is 0 Å². The van der Waals surface area contributed by atoms with Crippen molar-refractivity contribution in [2.45, 2.75) is 12.8 Å². The van der Waals surface area contributed by atoms with Crippen molar-refractivity contribution in [3.05, 3.63) is 41.2 Å². The van der Waals surface area contributed by atoms with Crippen LogP contribution in [0.2, 0.25) is 0 Å². The minimum Gasteiger partial charge on any atom is -0.318 e. The zero-order chi connectivity index (χ0) is 12.8. The van der Waals surface area contributed by atoms with E-state index < -0.39 is 0 Å². The van der Waals surface area contributed by atoms with Crippen LogP contribution in [-0.2, 0) is 7.05 Å². The third-order valence-corrected chi connectivity index (χ3v) is 5.24. The monoisotopic (exact) mass is 269 g/mol. The van der Waals surface area contributed by atoms with Crippen LogP contribution in [0.5, 0.6) is 0 Å². The summed E-state index contributed by atoms with van der Waals surface area (Å²) in [6.07, 6.45) is 6.84. The molecule has 0 aliphatic heterocycles. The molecule has 96 valence electrons. The van der Waals surface area contributed by atoms with Crippen molar-refractivity contribution in [3.63, 3.8) is 0 Å². The molecule has 0 N–H and O–H groups in total. The Morgan fingerprint density at radius 3 is 3.00 bits per heavy atom. The standard InChI is InChI=1S/C15H15N3S/c1-18-13-7-2-3-8-14(13)19-15(18)17-16-12-9-10-5-4-6-11(10)12/h2-5,7-8,10-11H,6,9H2,1H3/b16-12-,17-15+/t10-,11-/m0/s1. The van der Waals surface area contributed by atoms with Gasteiger partial charge < -0.3 is 4.57 Å². The van der Waals surface area contributed by atoms with E-state index >= 15 is 0 Å². The van der Waals surface area contributed by atoms with Crippen LogP contribution in [0.25, 0.3) is 10.2 Å². The molecule has 0 spiro atoms. The van der Waals surface area contributed by atoms with Gasteiger partial charge in [-0.1, -0.05) is 35.6 Å². The molecule has 2 aliphatic rings. The van der Waals surface area contributed by atoms with Crippen LogP contribution in [-0.4, -0.2) is 10.3 Å². The molecule has 4 heteroatoms. The van der Waals surface area contributed by atoms with Crippen molar-refractivity contribution in [2.24, 2.45) is 29.1 Å². The van der Waals surface area contributed by atoms with E-state index in [1.165, 1.54) is 15.9 Å². The van der Waals surface area contributed by atoms with Crippen LogP contribution >= 0.6 is 11.3 Å². The Balaban J connectivity index is 1.73. The fourth-order valence-corrected chi connectivity index (χ4v) is 3.90. The van der Waals surface area contributed by atoms with Gasteiger partial charge in [-0.25, -0.2) is 0 Å². The Labute approximate surface area is 115 Å². The van der Waals surface area contributed by atoms with Gasteiger partial charge in [-0.2, -0.15) is 5.10 Å². The topological polar surface area (TPSA) is 29.6 Å². The third-order valence-electron chi connectivity index (χ3n) is 4.14. The molecule has 3 nitrogen and oxygen atoms in total. The molecule has 4 rings (SSSR count). The lowest BCUT2D eigenvalue weighted by Gasteiger charge is -2.31. The largest absolute Gasteiger partial charge is 0.318 e. The van der Waals surface area contributed by atoms with Gasteiger partial charge in [0.25, 0.3) is 0 Å². The van der Waals surface area contributed by atoms with Gasteiger partial charge in [0.2, 0.25) is 4.80 Å². The number of allylic oxidation sites excluding steroid dienone is 2. The summed E-state index contributed by atoms with van der Waals surface area (Å²) in [5.74, 6) is 1.38. The molecule has 2 aromatic rings. The predicted octanol–water partition coefficient (Wildman–Crippen LogP) is 3.09. The Hall–Kier alpha value is -1.68. The molecule has 0 bridgehead atoms. The van der Waals surface area contributed by atoms with Crippen LogP contribution < -0.4 is 4.80 Å². The van der Waals surface area contributed by atoms with Crippen molar-refractivity contribution >= 4 is 27.3 Å². The fraction of sp³-hybridized carbons (Fsp3) is 0.333. The van der Waals surface area contributed by atoms with Gasteiger partial charge in [0.15, 0.2) is 0 Å². The van der Waals surface area contributed by atoms with Crippen LogP contribution in [0.4, 0.5) is 0 Å². The highest BCUT2D eigenvalue weighted by Gasteiger charge is 2.37. The second-order valence-electron chi connectivity index (χ2n) is 5.24. The number of aryl methyl sites for hydroxylation is 1. The minimum atomic E-state index is 0.642. The van der Waals surface area contributed by atoms with Gasteiger partial charge in [-0.05, 0) is 30.9 Å². The van der Waals surface area contributed by atoms with Crippen molar-refractivity contribution in [1.29, 1.82) is 0 Å². The highest BCUT2D eigenvalue weighted by molar-refractivity contribution is 7.16. The molecular formula is C15H15N3S. The second-order valence-corrected chi connectivity index (χ2v) is 6.25. The Kier molecular flexibility index (Phi) is 2.45. The fourth-order valence-electron chi connectivity index (χ4n) is 2.93. The zero-order valence-electron chi connectivity index (χ0n) is 10.8. The molecule has 2 atom stereocenters. The lowest BCUT2D eigenvalue weighted by molar-refractivity contribution is 0.465. The number of thiazole rings is 1. The average Bonchev–Trinajstić information content (AvgIpc) is 2.93. The predicted molar refractivity (Wildman–Crippen MR) is 79.1 cm³/mol. The smallest absolute Gasteiger partial charge is 0.211 e. The van der Waals surface area contributed by atoms with Crippen LogP contribution in [0.15, 0.2) is 46.6 Å². The summed E-state index contributed by atoms with van der Waals surface area (Å²) in [6.45, 7) is 0. The number of aromatic nitrogens is 1. The van der Waals surface area contributed by atoms with Crippen molar-refractivity contribution in [2.75, 3.05) is 0 Å². The van der Waals surface area contributed by atoms with E-state index in [4.69, 9.17) is 0 Å². The van der Waals surface area contributed by atoms with E-state index in [0.717, 1.165) is 23.6 Å². The molecule has 0 radical (unpaired) electrons. The first-order chi connectivity index (χ1) is 9.33. The van der Waals surface area contributed by atoms with Crippen LogP contribution in [0.3, 0.4) is 0 Å². The van der Waals surface area contributed by atoms with Gasteiger partial charge in [0.1, 0.15) is 0 Å². The minimum absolute atomic E-state index is 0.642. The lowest BCUT2D eigenvalue weighted by Crippen LogP contribution is -2.33. The molecule has 1 aromatic heterocycles. The second kappa shape index (κ2) is 4.17. The number of hydrogen-bond donors (Lipinski definition) is 0. The Morgan fingerprint density at radius 2 is 2.16 bits per heavy atom. The highest BCUT2D eigenvalue weighted by Crippen LogP contribution is 2.40. The summed E-state index contributed by atoms with van der Waals surface area (Å²) in [7, 11) is 2.05. The molecule has 0 amide bonds. The maximum absolute atomic E-state index is 4.49. The molecule has 2 aliphatic carbocycles. The number of hydrogen-bond acceptors (Lipinski definition) is 3. The zero-order valence-corrected chi connectivity index (χ0v) is 11.6. The summed E-state index contributed by atoms with van der Waals surface area (Å²) >= 11 is 1.70. The molecule has 0 saturated heterocycles. The Morgan fingerprint density at radius 1 is 1.26 bits per heavy atom. The molecule has 1 aromatic carbocycles. The Bertz CT molecular complexity index is 763. The van der Waals surface area contributed by atoms with E-state index in [0.29, 0.717) is 5.92 Å². The van der Waals surface area contributed by atoms with E-state index in [-0.39, 0.29) is 0 Å². The normalized spacial score (nSPS) is 28.1. The molecule has 19 heavy (non-hydrogen) atoms. The van der Waals surface area contributed by atoms with E-state index in [1.54, 1.807) is 11.3 Å². The number of fused-ring (bicyclic) bond motifs is 2. The van der Waals surface area contributed by atoms with Crippen molar-refractivity contribution < 1.29 is 0 Å². The summed E-state index contributed by atoms with van der Waals surface area (Å²) in [5.41, 5.74) is 2.49. The first-order valence-electron chi connectivity index (χ1n) is 6.64. The number of para-hydroxylation sites is 1. The van der Waals surface area contributed by atoms with Crippen LogP contribution in [0.1, 0.15) is 12.8 Å². The number of nitrogens with zero attached hydrogens (tertiary/aromatic N) is 3. The first kappa shape index (κ1) is 11.2. The highest BCUT2D eigenvalue weighted by atomic mass is 32.1. The van der Waals surface area contributed by atoms with E-state index in [2.05, 4.69) is 58.2 Å². The number of rotatable bonds is 1. The van der Waals surface area contributed by atoms with Gasteiger partial charge in [0.05, 0.1) is 10.2 Å². The SMILES string of the molecule is Cn1/c(=N\N=C2\C[C@@H]3C=CC[C@H]23)sc2ccccc21. The molecule has 1 saturated carbocycles. The maximum atomic E-state index is 4.49.